The lowest BCUT2D eigenvalue weighted by atomic mass is 10.1. The van der Waals surface area contributed by atoms with E-state index < -0.39 is 11.6 Å². The van der Waals surface area contributed by atoms with Crippen molar-refractivity contribution < 1.29 is 19.4 Å². The van der Waals surface area contributed by atoms with Crippen LogP contribution < -0.4 is 5.63 Å². The summed E-state index contributed by atoms with van der Waals surface area (Å²) in [5, 5.41) is 18.7. The van der Waals surface area contributed by atoms with E-state index >= 15 is 0 Å². The maximum absolute atomic E-state index is 11.2. The summed E-state index contributed by atoms with van der Waals surface area (Å²) in [6.45, 7) is 0. The quantitative estimate of drug-likeness (QED) is 0.827. The van der Waals surface area contributed by atoms with Crippen LogP contribution in [0.15, 0.2) is 31.9 Å². The largest absolute Gasteiger partial charge is 0.507 e. The first-order valence-corrected chi connectivity index (χ1v) is 5.43. The fraction of sp³-hybridized carbons (Fsp3) is 0.0909. The lowest BCUT2D eigenvalue weighted by molar-refractivity contribution is -0.136. The number of carboxylic acid groups (broad SMARTS) is 1. The highest BCUT2D eigenvalue weighted by Crippen LogP contribution is 2.30. The highest BCUT2D eigenvalue weighted by molar-refractivity contribution is 9.10. The summed E-state index contributed by atoms with van der Waals surface area (Å²) in [6, 6.07) is 3.93. The molecular formula is C11H7BrO5. The number of hydrogen-bond donors (Lipinski definition) is 2. The molecule has 0 amide bonds. The van der Waals surface area contributed by atoms with E-state index in [1.807, 2.05) is 0 Å². The third kappa shape index (κ3) is 2.31. The fourth-order valence-electron chi connectivity index (χ4n) is 1.55. The lowest BCUT2D eigenvalue weighted by Crippen LogP contribution is -2.06. The van der Waals surface area contributed by atoms with Gasteiger partial charge >= 0.3 is 11.6 Å². The summed E-state index contributed by atoms with van der Waals surface area (Å²) in [6.07, 6.45) is -0.278. The average Bonchev–Trinajstić information content (AvgIpc) is 2.20. The summed E-state index contributed by atoms with van der Waals surface area (Å²) in [5.41, 5.74) is -0.130. The van der Waals surface area contributed by atoms with E-state index in [-0.39, 0.29) is 17.8 Å². The summed E-state index contributed by atoms with van der Waals surface area (Å²) in [4.78, 5) is 21.9. The summed E-state index contributed by atoms with van der Waals surface area (Å²) < 4.78 is 5.30. The van der Waals surface area contributed by atoms with Crippen molar-refractivity contribution >= 4 is 32.9 Å². The van der Waals surface area contributed by atoms with Gasteiger partial charge in [0.15, 0.2) is 0 Å². The van der Waals surface area contributed by atoms with E-state index in [0.29, 0.717) is 15.4 Å². The minimum Gasteiger partial charge on any atom is -0.507 e. The molecule has 1 heterocycles. The highest BCUT2D eigenvalue weighted by Gasteiger charge is 2.11. The van der Waals surface area contributed by atoms with E-state index in [0.717, 1.165) is 6.07 Å². The Morgan fingerprint density at radius 2 is 2.06 bits per heavy atom. The smallest absolute Gasteiger partial charge is 0.336 e. The molecule has 0 bridgehead atoms. The molecule has 0 aliphatic rings. The molecule has 0 fully saturated rings. The van der Waals surface area contributed by atoms with Crippen molar-refractivity contribution in [3.05, 3.63) is 38.7 Å². The molecule has 88 valence electrons. The fourth-order valence-corrected chi connectivity index (χ4v) is 1.89. The molecule has 6 heteroatoms. The van der Waals surface area contributed by atoms with Gasteiger partial charge < -0.3 is 14.6 Å². The molecule has 1 aromatic carbocycles. The van der Waals surface area contributed by atoms with E-state index in [1.54, 1.807) is 0 Å². The van der Waals surface area contributed by atoms with Crippen LogP contribution in [0.25, 0.3) is 11.0 Å². The number of aromatic hydroxyl groups is 1. The second kappa shape index (κ2) is 4.21. The van der Waals surface area contributed by atoms with Crippen molar-refractivity contribution in [3.8, 4) is 5.75 Å². The summed E-state index contributed by atoms with van der Waals surface area (Å²) in [5.74, 6) is -1.12. The van der Waals surface area contributed by atoms with Crippen molar-refractivity contribution in [1.29, 1.82) is 0 Å². The van der Waals surface area contributed by atoms with Gasteiger partial charge in [-0.1, -0.05) is 0 Å². The standard InChI is InChI=1S/C11H7BrO5/c12-7-3-6-5(1-10(14)15)2-11(16)17-9(6)4-8(7)13/h2-4,13H,1H2,(H,14,15). The Morgan fingerprint density at radius 3 is 2.71 bits per heavy atom. The Bertz CT molecular complexity index is 659. The van der Waals surface area contributed by atoms with Crippen molar-refractivity contribution in [2.24, 2.45) is 0 Å². The monoisotopic (exact) mass is 298 g/mol. The van der Waals surface area contributed by atoms with Crippen molar-refractivity contribution in [3.63, 3.8) is 0 Å². The van der Waals surface area contributed by atoms with Crippen molar-refractivity contribution in [2.75, 3.05) is 0 Å². The zero-order valence-electron chi connectivity index (χ0n) is 8.44. The molecule has 1 aromatic heterocycles. The van der Waals surface area contributed by atoms with Crippen molar-refractivity contribution in [1.82, 2.24) is 0 Å². The number of carbonyl (C=O) groups is 1. The molecule has 0 unspecified atom stereocenters. The van der Waals surface area contributed by atoms with Gasteiger partial charge in [-0.3, -0.25) is 4.79 Å². The van der Waals surface area contributed by atoms with E-state index in [9.17, 15) is 14.7 Å². The minimum atomic E-state index is -1.04. The predicted octanol–water partition coefficient (Wildman–Crippen LogP) is 1.89. The van der Waals surface area contributed by atoms with Gasteiger partial charge in [0.2, 0.25) is 0 Å². The molecule has 0 atom stereocenters. The number of fused-ring (bicyclic) bond motifs is 1. The number of carboxylic acids is 1. The second-order valence-electron chi connectivity index (χ2n) is 3.46. The molecule has 2 aromatic rings. The molecule has 0 spiro atoms. The average molecular weight is 299 g/mol. The van der Waals surface area contributed by atoms with Gasteiger partial charge in [-0.15, -0.1) is 0 Å². The maximum atomic E-state index is 11.2. The first kappa shape index (κ1) is 11.7. The van der Waals surface area contributed by atoms with E-state index in [1.165, 1.54) is 12.1 Å². The first-order valence-electron chi connectivity index (χ1n) is 4.64. The predicted molar refractivity (Wildman–Crippen MR) is 63.2 cm³/mol. The number of rotatable bonds is 2. The summed E-state index contributed by atoms with van der Waals surface area (Å²) in [7, 11) is 0. The van der Waals surface area contributed by atoms with Crippen LogP contribution >= 0.6 is 15.9 Å². The summed E-state index contributed by atoms with van der Waals surface area (Å²) >= 11 is 3.12. The number of aliphatic carboxylic acids is 1. The van der Waals surface area contributed by atoms with E-state index in [2.05, 4.69) is 15.9 Å². The molecule has 17 heavy (non-hydrogen) atoms. The van der Waals surface area contributed by atoms with Gasteiger partial charge in [0.05, 0.1) is 10.9 Å². The lowest BCUT2D eigenvalue weighted by Gasteiger charge is -2.04. The Hall–Kier alpha value is -1.82. The Labute approximate surface area is 103 Å². The van der Waals surface area contributed by atoms with Crippen LogP contribution in [0.4, 0.5) is 0 Å². The van der Waals surface area contributed by atoms with Gasteiger partial charge in [0.1, 0.15) is 11.3 Å². The highest BCUT2D eigenvalue weighted by atomic mass is 79.9. The first-order chi connectivity index (χ1) is 7.97. The van der Waals surface area contributed by atoms with Crippen LogP contribution in [0.5, 0.6) is 5.75 Å². The van der Waals surface area contributed by atoms with Crippen LogP contribution in [0.3, 0.4) is 0 Å². The van der Waals surface area contributed by atoms with Crippen LogP contribution in [0.1, 0.15) is 5.56 Å². The van der Waals surface area contributed by atoms with Crippen LogP contribution in [-0.2, 0) is 11.2 Å². The second-order valence-corrected chi connectivity index (χ2v) is 4.32. The van der Waals surface area contributed by atoms with Gasteiger partial charge in [-0.25, -0.2) is 4.79 Å². The van der Waals surface area contributed by atoms with Gasteiger partial charge in [0.25, 0.3) is 0 Å². The number of hydrogen-bond acceptors (Lipinski definition) is 4. The molecule has 2 N–H and O–H groups in total. The molecular weight excluding hydrogens is 292 g/mol. The van der Waals surface area contributed by atoms with Crippen molar-refractivity contribution in [2.45, 2.75) is 6.42 Å². The molecule has 0 aliphatic heterocycles. The molecule has 0 saturated heterocycles. The van der Waals surface area contributed by atoms with Gasteiger partial charge in [-0.2, -0.15) is 0 Å². The van der Waals surface area contributed by atoms with E-state index in [4.69, 9.17) is 9.52 Å². The third-order valence-electron chi connectivity index (χ3n) is 2.24. The normalized spacial score (nSPS) is 10.6. The zero-order valence-corrected chi connectivity index (χ0v) is 10.0. The Kier molecular flexibility index (Phi) is 2.89. The maximum Gasteiger partial charge on any atom is 0.336 e. The molecule has 0 saturated carbocycles. The Balaban J connectivity index is 2.78. The topological polar surface area (TPSA) is 87.7 Å². The van der Waals surface area contributed by atoms with Gasteiger partial charge in [-0.05, 0) is 27.6 Å². The third-order valence-corrected chi connectivity index (χ3v) is 2.87. The molecule has 0 radical (unpaired) electrons. The molecule has 5 nitrogen and oxygen atoms in total. The van der Waals surface area contributed by atoms with Gasteiger partial charge in [0, 0.05) is 17.5 Å². The number of phenolic OH excluding ortho intramolecular Hbond substituents is 1. The molecule has 2 rings (SSSR count). The van der Waals surface area contributed by atoms with Crippen LogP contribution in [-0.4, -0.2) is 16.2 Å². The van der Waals surface area contributed by atoms with Crippen LogP contribution in [0, 0.1) is 0 Å². The number of halogens is 1. The number of phenols is 1. The van der Waals surface area contributed by atoms with Crippen LogP contribution in [0.2, 0.25) is 0 Å². The molecule has 0 aliphatic carbocycles. The zero-order chi connectivity index (χ0) is 12.6. The number of benzene rings is 1. The SMILES string of the molecule is O=C(O)Cc1cc(=O)oc2cc(O)c(Br)cc12. The minimum absolute atomic E-state index is 0.0758. The Morgan fingerprint density at radius 1 is 1.35 bits per heavy atom.